The van der Waals surface area contributed by atoms with Gasteiger partial charge in [0.25, 0.3) is 5.91 Å². The van der Waals surface area contributed by atoms with Crippen LogP contribution in [0.4, 0.5) is 4.79 Å². The molecule has 0 aliphatic carbocycles. The molecule has 5 nitrogen and oxygen atoms in total. The number of carbonyl (C=O) groups is 2. The van der Waals surface area contributed by atoms with Crippen LogP contribution in [0.5, 0.6) is 0 Å². The van der Waals surface area contributed by atoms with Gasteiger partial charge in [-0.2, -0.15) is 0 Å². The van der Waals surface area contributed by atoms with Crippen LogP contribution in [0.15, 0.2) is 90.8 Å². The molecule has 0 bridgehead atoms. The maximum absolute atomic E-state index is 12.0. The zero-order valence-corrected chi connectivity index (χ0v) is 15.9. The third kappa shape index (κ3) is 6.61. The normalized spacial score (nSPS) is 11.2. The average Bonchev–Trinajstić information content (AvgIpc) is 2.67. The van der Waals surface area contributed by atoms with Crippen molar-refractivity contribution in [3.8, 4) is 0 Å². The van der Waals surface area contributed by atoms with Crippen LogP contribution in [-0.4, -0.2) is 11.9 Å². The number of allylic oxidation sites excluding steroid dienone is 3. The molecule has 0 spiro atoms. The first-order chi connectivity index (χ1) is 13.5. The molecule has 2 rings (SSSR count). The number of urea groups is 1. The van der Waals surface area contributed by atoms with E-state index in [4.69, 9.17) is 5.73 Å². The van der Waals surface area contributed by atoms with E-state index in [-0.39, 0.29) is 0 Å². The van der Waals surface area contributed by atoms with Gasteiger partial charge in [-0.05, 0) is 67.0 Å². The Bertz CT molecular complexity index is 899. The molecule has 4 N–H and O–H groups in total. The first kappa shape index (κ1) is 20.7. The number of benzene rings is 2. The summed E-state index contributed by atoms with van der Waals surface area (Å²) in [5, 5.41) is 4.84. The number of carbonyl (C=O) groups excluding carboxylic acids is 2. The van der Waals surface area contributed by atoms with E-state index in [9.17, 15) is 9.59 Å². The van der Waals surface area contributed by atoms with E-state index < -0.39 is 11.9 Å². The summed E-state index contributed by atoms with van der Waals surface area (Å²) in [5.41, 5.74) is 9.72. The summed E-state index contributed by atoms with van der Waals surface area (Å²) in [6.07, 6.45) is 6.56. The Kier molecular flexibility index (Phi) is 7.78. The van der Waals surface area contributed by atoms with Crippen molar-refractivity contribution in [2.45, 2.75) is 19.8 Å². The molecule has 2 aromatic carbocycles. The molecule has 0 saturated carbocycles. The van der Waals surface area contributed by atoms with E-state index in [1.807, 2.05) is 12.1 Å². The molecule has 0 aliphatic heterocycles. The van der Waals surface area contributed by atoms with E-state index in [2.05, 4.69) is 36.3 Å². The summed E-state index contributed by atoms with van der Waals surface area (Å²) in [6.45, 7) is 5.91. The molecule has 0 aromatic heterocycles. The predicted octanol–water partition coefficient (Wildman–Crippen LogP) is 3.98. The highest BCUT2D eigenvalue weighted by molar-refractivity contribution is 6.04. The zero-order chi connectivity index (χ0) is 20.4. The minimum atomic E-state index is -0.634. The van der Waals surface area contributed by atoms with E-state index in [0.29, 0.717) is 11.3 Å². The quantitative estimate of drug-likeness (QED) is 0.640. The lowest BCUT2D eigenvalue weighted by molar-refractivity contribution is 0.0964. The number of aryl methyl sites for hydroxylation is 2. The second-order valence-corrected chi connectivity index (χ2v) is 6.30. The highest BCUT2D eigenvalue weighted by Gasteiger charge is 2.10. The minimum Gasteiger partial charge on any atom is -0.405 e. The Hall–Kier alpha value is -3.60. The minimum absolute atomic E-state index is 0.372. The molecule has 0 atom stereocenters. The monoisotopic (exact) mass is 375 g/mol. The second kappa shape index (κ2) is 10.5. The molecule has 0 fully saturated rings. The van der Waals surface area contributed by atoms with Crippen LogP contribution >= 0.6 is 0 Å². The van der Waals surface area contributed by atoms with Gasteiger partial charge in [0.15, 0.2) is 0 Å². The predicted molar refractivity (Wildman–Crippen MR) is 112 cm³/mol. The number of amides is 3. The maximum atomic E-state index is 12.0. The van der Waals surface area contributed by atoms with Crippen LogP contribution in [0, 0.1) is 6.92 Å². The summed E-state index contributed by atoms with van der Waals surface area (Å²) in [5.74, 6) is -0.475. The van der Waals surface area contributed by atoms with Crippen LogP contribution in [-0.2, 0) is 6.42 Å². The van der Waals surface area contributed by atoms with E-state index in [0.717, 1.165) is 18.4 Å². The fourth-order valence-electron chi connectivity index (χ4n) is 2.70. The lowest BCUT2D eigenvalue weighted by atomic mass is 10.00. The van der Waals surface area contributed by atoms with Crippen molar-refractivity contribution in [2.75, 3.05) is 0 Å². The van der Waals surface area contributed by atoms with Gasteiger partial charge in [-0.1, -0.05) is 49.0 Å². The Labute approximate surface area is 165 Å². The second-order valence-electron chi connectivity index (χ2n) is 6.30. The molecule has 3 amide bonds. The van der Waals surface area contributed by atoms with Crippen molar-refractivity contribution in [1.29, 1.82) is 0 Å². The van der Waals surface area contributed by atoms with Crippen molar-refractivity contribution in [3.05, 3.63) is 107 Å². The lowest BCUT2D eigenvalue weighted by Crippen LogP contribution is -2.38. The van der Waals surface area contributed by atoms with Gasteiger partial charge in [0, 0.05) is 11.3 Å². The number of rotatable bonds is 7. The first-order valence-electron chi connectivity index (χ1n) is 8.99. The van der Waals surface area contributed by atoms with Crippen molar-refractivity contribution >= 4 is 11.9 Å². The average molecular weight is 375 g/mol. The largest absolute Gasteiger partial charge is 0.405 e. The fraction of sp³-hybridized carbons (Fsp3) is 0.130. The van der Waals surface area contributed by atoms with Crippen LogP contribution in [0.1, 0.15) is 27.9 Å². The fourth-order valence-corrected chi connectivity index (χ4v) is 2.70. The third-order valence-electron chi connectivity index (χ3n) is 4.15. The Morgan fingerprint density at radius 2 is 1.71 bits per heavy atom. The van der Waals surface area contributed by atoms with Gasteiger partial charge >= 0.3 is 6.03 Å². The standard InChI is InChI=1S/C23H25N3O2/c1-17-8-6-7-9-20(17)13-12-19(14-15-24)16-18(2)25-23(28)26-22(27)21-10-4-3-5-11-21/h3-11,14-16H,2,12-13,24H2,1H3,(H2,25,26,27,28)/b15-14-,19-16-. The van der Waals surface area contributed by atoms with Crippen molar-refractivity contribution in [1.82, 2.24) is 10.6 Å². The number of hydrogen-bond donors (Lipinski definition) is 3. The van der Waals surface area contributed by atoms with Crippen LogP contribution in [0.2, 0.25) is 0 Å². The van der Waals surface area contributed by atoms with Gasteiger partial charge in [0.2, 0.25) is 0 Å². The van der Waals surface area contributed by atoms with Gasteiger partial charge in [0.1, 0.15) is 0 Å². The molecule has 0 saturated heterocycles. The topological polar surface area (TPSA) is 84.2 Å². The molecule has 0 radical (unpaired) electrons. The number of nitrogens with one attached hydrogen (secondary N) is 2. The molecular formula is C23H25N3O2. The highest BCUT2D eigenvalue weighted by atomic mass is 16.2. The summed E-state index contributed by atoms with van der Waals surface area (Å²) in [7, 11) is 0. The molecule has 0 unspecified atom stereocenters. The van der Waals surface area contributed by atoms with Gasteiger partial charge in [-0.25, -0.2) is 4.79 Å². The van der Waals surface area contributed by atoms with Crippen LogP contribution < -0.4 is 16.4 Å². The first-order valence-corrected chi connectivity index (χ1v) is 8.99. The van der Waals surface area contributed by atoms with Gasteiger partial charge in [-0.3, -0.25) is 10.1 Å². The Morgan fingerprint density at radius 1 is 1.04 bits per heavy atom. The van der Waals surface area contributed by atoms with Gasteiger partial charge in [0.05, 0.1) is 0 Å². The molecule has 0 heterocycles. The van der Waals surface area contributed by atoms with Crippen molar-refractivity contribution in [2.24, 2.45) is 5.73 Å². The molecule has 2 aromatic rings. The van der Waals surface area contributed by atoms with Crippen LogP contribution in [0.3, 0.4) is 0 Å². The lowest BCUT2D eigenvalue weighted by Gasteiger charge is -2.09. The van der Waals surface area contributed by atoms with Crippen LogP contribution in [0.25, 0.3) is 0 Å². The number of imide groups is 1. The molecule has 144 valence electrons. The molecule has 28 heavy (non-hydrogen) atoms. The Balaban J connectivity index is 1.94. The molecular weight excluding hydrogens is 350 g/mol. The zero-order valence-electron chi connectivity index (χ0n) is 15.9. The van der Waals surface area contributed by atoms with Gasteiger partial charge < -0.3 is 11.1 Å². The Morgan fingerprint density at radius 3 is 2.39 bits per heavy atom. The summed E-state index contributed by atoms with van der Waals surface area (Å²) < 4.78 is 0. The SMILES string of the molecule is C=C(/C=C(\C=C/N)CCc1ccccc1C)NC(=O)NC(=O)c1ccccc1. The smallest absolute Gasteiger partial charge is 0.326 e. The number of nitrogens with two attached hydrogens (primary N) is 1. The summed E-state index contributed by atoms with van der Waals surface area (Å²) >= 11 is 0. The van der Waals surface area contributed by atoms with E-state index >= 15 is 0 Å². The highest BCUT2D eigenvalue weighted by Crippen LogP contribution is 2.15. The maximum Gasteiger partial charge on any atom is 0.326 e. The van der Waals surface area contributed by atoms with E-state index in [1.165, 1.54) is 17.3 Å². The summed E-state index contributed by atoms with van der Waals surface area (Å²) in [4.78, 5) is 24.0. The van der Waals surface area contributed by atoms with Crippen molar-refractivity contribution < 1.29 is 9.59 Å². The number of hydrogen-bond acceptors (Lipinski definition) is 3. The molecule has 5 heteroatoms. The summed E-state index contributed by atoms with van der Waals surface area (Å²) in [6, 6.07) is 16.1. The molecule has 0 aliphatic rings. The third-order valence-corrected chi connectivity index (χ3v) is 4.15. The van der Waals surface area contributed by atoms with Crippen molar-refractivity contribution in [3.63, 3.8) is 0 Å². The van der Waals surface area contributed by atoms with E-state index in [1.54, 1.807) is 42.5 Å². The van der Waals surface area contributed by atoms with Gasteiger partial charge in [-0.15, -0.1) is 0 Å².